The topological polar surface area (TPSA) is 66.0 Å². The van der Waals surface area contributed by atoms with Crippen molar-refractivity contribution in [3.63, 3.8) is 0 Å². The molecular weight excluding hydrogens is 212 g/mol. The Balaban J connectivity index is 2.13. The Morgan fingerprint density at radius 1 is 1.18 bits per heavy atom. The standard InChI is InChI=1S/C13H20N4/c14-13(15)12-10-11(6-7-16-12)17-8-4-2-1-3-5-9-17/h6-7,10H,1-5,8-9H2,(H3,14,15). The fraction of sp³-hybridized carbons (Fsp3) is 0.538. The highest BCUT2D eigenvalue weighted by molar-refractivity contribution is 5.93. The van der Waals surface area contributed by atoms with Gasteiger partial charge in [0.25, 0.3) is 0 Å². The Labute approximate surface area is 102 Å². The summed E-state index contributed by atoms with van der Waals surface area (Å²) in [6.45, 7) is 2.20. The first-order chi connectivity index (χ1) is 8.27. The van der Waals surface area contributed by atoms with Crippen LogP contribution in [0.2, 0.25) is 0 Å². The van der Waals surface area contributed by atoms with Gasteiger partial charge in [-0.25, -0.2) is 0 Å². The summed E-state index contributed by atoms with van der Waals surface area (Å²) in [4.78, 5) is 6.48. The van der Waals surface area contributed by atoms with E-state index in [2.05, 4.69) is 9.88 Å². The lowest BCUT2D eigenvalue weighted by Gasteiger charge is -2.27. The van der Waals surface area contributed by atoms with Crippen molar-refractivity contribution in [2.24, 2.45) is 5.73 Å². The summed E-state index contributed by atoms with van der Waals surface area (Å²) < 4.78 is 0. The monoisotopic (exact) mass is 232 g/mol. The molecule has 0 aliphatic carbocycles. The molecule has 4 heteroatoms. The van der Waals surface area contributed by atoms with Crippen LogP contribution in [0.5, 0.6) is 0 Å². The average molecular weight is 232 g/mol. The van der Waals surface area contributed by atoms with Gasteiger partial charge in [-0.2, -0.15) is 0 Å². The first kappa shape index (κ1) is 11.9. The Hall–Kier alpha value is -1.58. The van der Waals surface area contributed by atoms with Gasteiger partial charge in [0.2, 0.25) is 0 Å². The van der Waals surface area contributed by atoms with Crippen LogP contribution in [0.25, 0.3) is 0 Å². The smallest absolute Gasteiger partial charge is 0.141 e. The van der Waals surface area contributed by atoms with Crippen molar-refractivity contribution in [3.8, 4) is 0 Å². The molecule has 0 bridgehead atoms. The molecule has 0 unspecified atom stereocenters. The van der Waals surface area contributed by atoms with Gasteiger partial charge >= 0.3 is 0 Å². The van der Waals surface area contributed by atoms with Gasteiger partial charge in [-0.3, -0.25) is 10.4 Å². The van der Waals surface area contributed by atoms with Gasteiger partial charge in [-0.05, 0) is 25.0 Å². The van der Waals surface area contributed by atoms with Gasteiger partial charge in [0.05, 0.1) is 0 Å². The molecule has 0 amide bonds. The lowest BCUT2D eigenvalue weighted by molar-refractivity contribution is 0.556. The van der Waals surface area contributed by atoms with E-state index in [1.807, 2.05) is 12.1 Å². The highest BCUT2D eigenvalue weighted by Gasteiger charge is 2.10. The summed E-state index contributed by atoms with van der Waals surface area (Å²) in [6.07, 6.45) is 8.24. The molecule has 0 saturated carbocycles. The highest BCUT2D eigenvalue weighted by Crippen LogP contribution is 2.19. The number of nitrogens with two attached hydrogens (primary N) is 1. The van der Waals surface area contributed by atoms with Gasteiger partial charge in [0.1, 0.15) is 11.5 Å². The summed E-state index contributed by atoms with van der Waals surface area (Å²) in [6, 6.07) is 3.93. The zero-order chi connectivity index (χ0) is 12.1. The molecule has 1 aliphatic heterocycles. The minimum atomic E-state index is 0.0406. The maximum atomic E-state index is 7.42. The number of nitrogens with one attached hydrogen (secondary N) is 1. The number of aromatic nitrogens is 1. The van der Waals surface area contributed by atoms with Crippen LogP contribution in [0.1, 0.15) is 37.8 Å². The van der Waals surface area contributed by atoms with Crippen molar-refractivity contribution in [1.29, 1.82) is 5.41 Å². The molecule has 1 aromatic rings. The van der Waals surface area contributed by atoms with E-state index in [1.165, 1.54) is 32.1 Å². The van der Waals surface area contributed by atoms with Gasteiger partial charge in [0.15, 0.2) is 0 Å². The minimum Gasteiger partial charge on any atom is -0.382 e. The summed E-state index contributed by atoms with van der Waals surface area (Å²) in [5, 5.41) is 7.42. The van der Waals surface area contributed by atoms with Crippen molar-refractivity contribution in [2.75, 3.05) is 18.0 Å². The normalized spacial score (nSPS) is 17.3. The molecule has 2 rings (SSSR count). The van der Waals surface area contributed by atoms with Crippen molar-refractivity contribution in [1.82, 2.24) is 4.98 Å². The number of amidine groups is 1. The highest BCUT2D eigenvalue weighted by atomic mass is 15.1. The number of nitrogens with zero attached hydrogens (tertiary/aromatic N) is 2. The van der Waals surface area contributed by atoms with Gasteiger partial charge in [-0.15, -0.1) is 0 Å². The minimum absolute atomic E-state index is 0.0406. The molecule has 92 valence electrons. The van der Waals surface area contributed by atoms with Gasteiger partial charge < -0.3 is 10.6 Å². The lowest BCUT2D eigenvalue weighted by Crippen LogP contribution is -2.27. The van der Waals surface area contributed by atoms with Crippen LogP contribution in [-0.4, -0.2) is 23.9 Å². The molecule has 17 heavy (non-hydrogen) atoms. The largest absolute Gasteiger partial charge is 0.382 e. The quantitative estimate of drug-likeness (QED) is 0.606. The van der Waals surface area contributed by atoms with Crippen LogP contribution in [0.4, 0.5) is 5.69 Å². The molecule has 1 aromatic heterocycles. The Morgan fingerprint density at radius 3 is 2.47 bits per heavy atom. The van der Waals surface area contributed by atoms with Crippen LogP contribution in [0.3, 0.4) is 0 Å². The van der Waals surface area contributed by atoms with E-state index in [-0.39, 0.29) is 5.84 Å². The molecule has 4 nitrogen and oxygen atoms in total. The van der Waals surface area contributed by atoms with Gasteiger partial charge in [-0.1, -0.05) is 19.3 Å². The molecule has 1 saturated heterocycles. The van der Waals surface area contributed by atoms with Crippen LogP contribution in [0.15, 0.2) is 18.3 Å². The van der Waals surface area contributed by atoms with Crippen molar-refractivity contribution in [2.45, 2.75) is 32.1 Å². The SMILES string of the molecule is N=C(N)c1cc(N2CCCCCCC2)ccn1. The lowest BCUT2D eigenvalue weighted by atomic mass is 10.1. The third-order valence-corrected chi connectivity index (χ3v) is 3.24. The molecule has 2 heterocycles. The molecule has 0 radical (unpaired) electrons. The van der Waals surface area contributed by atoms with Crippen molar-refractivity contribution < 1.29 is 0 Å². The van der Waals surface area contributed by atoms with E-state index in [1.54, 1.807) is 6.20 Å². The predicted molar refractivity (Wildman–Crippen MR) is 70.6 cm³/mol. The number of hydrogen-bond donors (Lipinski definition) is 2. The maximum Gasteiger partial charge on any atom is 0.141 e. The fourth-order valence-corrected chi connectivity index (χ4v) is 2.27. The number of pyridine rings is 1. The van der Waals surface area contributed by atoms with Crippen molar-refractivity contribution >= 4 is 11.5 Å². The summed E-state index contributed by atoms with van der Waals surface area (Å²) >= 11 is 0. The Bertz CT molecular complexity index is 381. The number of nitrogen functional groups attached to an aromatic ring is 1. The first-order valence-electron chi connectivity index (χ1n) is 6.33. The number of rotatable bonds is 2. The number of anilines is 1. The Morgan fingerprint density at radius 2 is 1.82 bits per heavy atom. The predicted octanol–water partition coefficient (Wildman–Crippen LogP) is 2.14. The summed E-state index contributed by atoms with van der Waals surface area (Å²) in [5.74, 6) is 0.0406. The van der Waals surface area contributed by atoms with Crippen molar-refractivity contribution in [3.05, 3.63) is 24.0 Å². The number of hydrogen-bond acceptors (Lipinski definition) is 3. The van der Waals surface area contributed by atoms with E-state index in [0.29, 0.717) is 5.69 Å². The second kappa shape index (κ2) is 5.66. The first-order valence-corrected chi connectivity index (χ1v) is 6.33. The average Bonchev–Trinajstić information content (AvgIpc) is 2.28. The van der Waals surface area contributed by atoms with Crippen LogP contribution in [-0.2, 0) is 0 Å². The fourth-order valence-electron chi connectivity index (χ4n) is 2.27. The molecule has 1 fully saturated rings. The molecule has 0 aromatic carbocycles. The van der Waals surface area contributed by atoms with E-state index < -0.39 is 0 Å². The van der Waals surface area contributed by atoms with E-state index >= 15 is 0 Å². The van der Waals surface area contributed by atoms with E-state index in [9.17, 15) is 0 Å². The second-order valence-electron chi connectivity index (χ2n) is 4.57. The van der Waals surface area contributed by atoms with Crippen LogP contribution >= 0.6 is 0 Å². The molecule has 0 atom stereocenters. The Kier molecular flexibility index (Phi) is 3.96. The maximum absolute atomic E-state index is 7.42. The van der Waals surface area contributed by atoms with Gasteiger partial charge in [0, 0.05) is 25.0 Å². The molecule has 0 spiro atoms. The van der Waals surface area contributed by atoms with E-state index in [0.717, 1.165) is 18.8 Å². The molecular formula is C13H20N4. The third kappa shape index (κ3) is 3.19. The zero-order valence-electron chi connectivity index (χ0n) is 10.2. The summed E-state index contributed by atoms with van der Waals surface area (Å²) in [7, 11) is 0. The molecule has 1 aliphatic rings. The second-order valence-corrected chi connectivity index (χ2v) is 4.57. The zero-order valence-corrected chi connectivity index (χ0v) is 10.2. The molecule has 3 N–H and O–H groups in total. The van der Waals surface area contributed by atoms with Crippen LogP contribution in [0, 0.1) is 5.41 Å². The third-order valence-electron chi connectivity index (χ3n) is 3.24. The van der Waals surface area contributed by atoms with E-state index in [4.69, 9.17) is 11.1 Å². The summed E-state index contributed by atoms with van der Waals surface area (Å²) in [5.41, 5.74) is 7.19. The van der Waals surface area contributed by atoms with Crippen LogP contribution < -0.4 is 10.6 Å².